The van der Waals surface area contributed by atoms with E-state index < -0.39 is 18.3 Å². The highest BCUT2D eigenvalue weighted by Gasteiger charge is 2.45. The highest BCUT2D eigenvalue weighted by atomic mass is 16.5. The van der Waals surface area contributed by atoms with Crippen molar-refractivity contribution in [1.82, 2.24) is 9.47 Å². The Hall–Kier alpha value is -4.00. The molecular formula is C27H31N3O6. The van der Waals surface area contributed by atoms with Crippen molar-refractivity contribution in [3.63, 3.8) is 0 Å². The SMILES string of the molecule is COc1cc(C(=O)N2CCC3(CC2)Oc2ccccc2-n2c(C#N)ccc23)ccc1OC[C@@H](O)CO.[HH].[HH]. The molecule has 1 aromatic heterocycles. The summed E-state index contributed by atoms with van der Waals surface area (Å²) in [5.41, 5.74) is 2.17. The Morgan fingerprint density at radius 1 is 1.19 bits per heavy atom. The highest BCUT2D eigenvalue weighted by molar-refractivity contribution is 5.95. The van der Waals surface area contributed by atoms with Crippen molar-refractivity contribution < 1.29 is 32.1 Å². The molecule has 1 amide bonds. The van der Waals surface area contributed by atoms with Gasteiger partial charge in [0, 0.05) is 34.3 Å². The second kappa shape index (κ2) is 9.57. The van der Waals surface area contributed by atoms with Crippen LogP contribution < -0.4 is 14.2 Å². The molecule has 0 saturated carbocycles. The van der Waals surface area contributed by atoms with Gasteiger partial charge in [0.1, 0.15) is 30.2 Å². The van der Waals surface area contributed by atoms with Crippen LogP contribution in [0, 0.1) is 11.3 Å². The normalized spacial score (nSPS) is 16.3. The number of rotatable bonds is 6. The summed E-state index contributed by atoms with van der Waals surface area (Å²) >= 11 is 0. The van der Waals surface area contributed by atoms with Crippen molar-refractivity contribution in [2.45, 2.75) is 24.5 Å². The van der Waals surface area contributed by atoms with E-state index in [4.69, 9.17) is 19.3 Å². The molecule has 3 aromatic rings. The van der Waals surface area contributed by atoms with Crippen molar-refractivity contribution in [3.05, 3.63) is 71.5 Å². The number of carbonyl (C=O) groups excluding carboxylic acids is 1. The topological polar surface area (TPSA) is 117 Å². The minimum Gasteiger partial charge on any atom is -0.493 e. The van der Waals surface area contributed by atoms with Crippen molar-refractivity contribution in [2.24, 2.45) is 0 Å². The van der Waals surface area contributed by atoms with E-state index in [1.165, 1.54) is 7.11 Å². The Morgan fingerprint density at radius 2 is 1.97 bits per heavy atom. The maximum Gasteiger partial charge on any atom is 0.253 e. The molecule has 1 fully saturated rings. The van der Waals surface area contributed by atoms with Crippen molar-refractivity contribution >= 4 is 5.91 Å². The van der Waals surface area contributed by atoms with Gasteiger partial charge >= 0.3 is 0 Å². The van der Waals surface area contributed by atoms with Gasteiger partial charge in [0.05, 0.1) is 25.1 Å². The molecule has 0 aliphatic carbocycles. The Balaban J connectivity index is 0.00000200. The summed E-state index contributed by atoms with van der Waals surface area (Å²) < 4.78 is 19.4. The lowest BCUT2D eigenvalue weighted by Crippen LogP contribution is -2.50. The molecule has 9 heteroatoms. The van der Waals surface area contributed by atoms with Gasteiger partial charge in [-0.3, -0.25) is 9.36 Å². The molecule has 0 radical (unpaired) electrons. The standard InChI is InChI=1S/C27H27N3O6.2H2/c1-34-24-14-18(6-8-23(24)35-17-20(32)16-31)26(33)29-12-10-27(11-13-29)25-9-7-19(15-28)30(25)21-4-2-3-5-22(21)36-27;;/h2-9,14,20,31-32H,10-13,16-17H2,1H3;2*1H/t20-;;/m0../s1. The lowest BCUT2D eigenvalue weighted by molar-refractivity contribution is -0.00938. The first kappa shape index (κ1) is 23.7. The zero-order valence-electron chi connectivity index (χ0n) is 19.9. The number of amides is 1. The molecule has 9 nitrogen and oxygen atoms in total. The van der Waals surface area contributed by atoms with E-state index in [-0.39, 0.29) is 15.4 Å². The number of nitrogens with zero attached hydrogens (tertiary/aromatic N) is 3. The van der Waals surface area contributed by atoms with Gasteiger partial charge in [-0.25, -0.2) is 0 Å². The van der Waals surface area contributed by atoms with Crippen LogP contribution in [0.25, 0.3) is 5.69 Å². The smallest absolute Gasteiger partial charge is 0.253 e. The molecule has 3 heterocycles. The van der Waals surface area contributed by atoms with E-state index in [9.17, 15) is 15.2 Å². The summed E-state index contributed by atoms with van der Waals surface area (Å²) in [6.45, 7) is 0.467. The molecule has 2 aliphatic rings. The number of hydrogen-bond donors (Lipinski definition) is 2. The zero-order valence-corrected chi connectivity index (χ0v) is 19.9. The van der Waals surface area contributed by atoms with Crippen LogP contribution in [-0.2, 0) is 5.60 Å². The van der Waals surface area contributed by atoms with Crippen LogP contribution in [0.3, 0.4) is 0 Å². The molecule has 0 bridgehead atoms. The number of fused-ring (bicyclic) bond motifs is 4. The molecule has 2 aliphatic heterocycles. The van der Waals surface area contributed by atoms with E-state index in [0.717, 1.165) is 17.1 Å². The number of para-hydroxylation sites is 2. The van der Waals surface area contributed by atoms with Gasteiger partial charge in [-0.15, -0.1) is 0 Å². The van der Waals surface area contributed by atoms with Gasteiger partial charge < -0.3 is 29.3 Å². The van der Waals surface area contributed by atoms with Crippen LogP contribution in [0.15, 0.2) is 54.6 Å². The summed E-state index contributed by atoms with van der Waals surface area (Å²) in [4.78, 5) is 15.1. The van der Waals surface area contributed by atoms with Crippen LogP contribution in [0.5, 0.6) is 17.2 Å². The minimum atomic E-state index is -1.00. The highest BCUT2D eigenvalue weighted by Crippen LogP contribution is 2.46. The van der Waals surface area contributed by atoms with Gasteiger partial charge in [-0.05, 0) is 42.5 Å². The Kier molecular flexibility index (Phi) is 6.31. The molecule has 1 atom stereocenters. The van der Waals surface area contributed by atoms with Gasteiger partial charge in [0.25, 0.3) is 5.91 Å². The largest absolute Gasteiger partial charge is 0.493 e. The van der Waals surface area contributed by atoms with Gasteiger partial charge in [-0.2, -0.15) is 5.26 Å². The monoisotopic (exact) mass is 493 g/mol. The molecule has 5 rings (SSSR count). The number of methoxy groups -OCH3 is 1. The first-order valence-corrected chi connectivity index (χ1v) is 11.8. The molecule has 190 valence electrons. The quantitative estimate of drug-likeness (QED) is 0.542. The summed E-state index contributed by atoms with van der Waals surface area (Å²) in [7, 11) is 1.48. The average molecular weight is 494 g/mol. The summed E-state index contributed by atoms with van der Waals surface area (Å²) in [6.07, 6.45) is 0.162. The van der Waals surface area contributed by atoms with Crippen molar-refractivity contribution in [1.29, 1.82) is 5.26 Å². The minimum absolute atomic E-state index is 0. The maximum absolute atomic E-state index is 13.3. The number of aliphatic hydroxyl groups is 2. The summed E-state index contributed by atoms with van der Waals surface area (Å²) in [5, 5.41) is 28.2. The molecule has 1 saturated heterocycles. The van der Waals surface area contributed by atoms with Gasteiger partial charge in [0.2, 0.25) is 0 Å². The fourth-order valence-electron chi connectivity index (χ4n) is 4.90. The number of aliphatic hydroxyl groups excluding tert-OH is 2. The Morgan fingerprint density at radius 3 is 2.69 bits per heavy atom. The Labute approximate surface area is 211 Å². The number of carbonyl (C=O) groups is 1. The predicted octanol–water partition coefficient (Wildman–Crippen LogP) is 3.11. The molecular weight excluding hydrogens is 462 g/mol. The van der Waals surface area contributed by atoms with E-state index in [2.05, 4.69) is 6.07 Å². The number of ether oxygens (including phenoxy) is 3. The van der Waals surface area contributed by atoms with Crippen molar-refractivity contribution in [2.75, 3.05) is 33.4 Å². The van der Waals surface area contributed by atoms with E-state index in [0.29, 0.717) is 48.7 Å². The number of likely N-dealkylation sites (tertiary alicyclic amines) is 1. The van der Waals surface area contributed by atoms with Crippen LogP contribution in [0.2, 0.25) is 0 Å². The Bertz CT molecular complexity index is 1330. The molecule has 2 aromatic carbocycles. The molecule has 2 N–H and O–H groups in total. The van der Waals surface area contributed by atoms with E-state index >= 15 is 0 Å². The van der Waals surface area contributed by atoms with Gasteiger partial charge in [-0.1, -0.05) is 12.1 Å². The number of piperidine rings is 1. The third kappa shape index (κ3) is 4.04. The van der Waals surface area contributed by atoms with Crippen LogP contribution in [-0.4, -0.2) is 65.1 Å². The fourth-order valence-corrected chi connectivity index (χ4v) is 4.90. The van der Waals surface area contributed by atoms with E-state index in [1.54, 1.807) is 23.1 Å². The first-order valence-electron chi connectivity index (χ1n) is 11.8. The number of nitriles is 1. The second-order valence-corrected chi connectivity index (χ2v) is 8.92. The lowest BCUT2D eigenvalue weighted by Gasteiger charge is -2.45. The van der Waals surface area contributed by atoms with Crippen LogP contribution >= 0.6 is 0 Å². The number of benzene rings is 2. The fraction of sp³-hybridized carbons (Fsp3) is 0.333. The summed E-state index contributed by atoms with van der Waals surface area (Å²) in [5.74, 6) is 1.34. The second-order valence-electron chi connectivity index (χ2n) is 8.92. The van der Waals surface area contributed by atoms with E-state index in [1.807, 2.05) is 41.0 Å². The van der Waals surface area contributed by atoms with Crippen LogP contribution in [0.4, 0.5) is 0 Å². The molecule has 1 spiro atoms. The first-order chi connectivity index (χ1) is 17.5. The average Bonchev–Trinajstić information content (AvgIpc) is 3.37. The number of aromatic nitrogens is 1. The summed E-state index contributed by atoms with van der Waals surface area (Å²) in [6, 6.07) is 18.6. The third-order valence-electron chi connectivity index (χ3n) is 6.78. The van der Waals surface area contributed by atoms with Gasteiger partial charge in [0.15, 0.2) is 17.1 Å². The molecule has 0 unspecified atom stereocenters. The lowest BCUT2D eigenvalue weighted by atomic mass is 9.86. The van der Waals surface area contributed by atoms with Crippen molar-refractivity contribution in [3.8, 4) is 29.0 Å². The maximum atomic E-state index is 13.3. The third-order valence-corrected chi connectivity index (χ3v) is 6.78. The predicted molar refractivity (Wildman–Crippen MR) is 134 cm³/mol. The zero-order chi connectivity index (χ0) is 25.3. The number of hydrogen-bond acceptors (Lipinski definition) is 7. The van der Waals surface area contributed by atoms with Crippen LogP contribution in [0.1, 0.15) is 37.4 Å². The molecule has 36 heavy (non-hydrogen) atoms.